The number of rotatable bonds is 1. The van der Waals surface area contributed by atoms with Gasteiger partial charge in [-0.1, -0.05) is 18.1 Å². The Kier molecular flexibility index (Phi) is 2.36. The molecule has 0 aromatic carbocycles. The summed E-state index contributed by atoms with van der Waals surface area (Å²) >= 11 is 0. The highest BCUT2D eigenvalue weighted by Gasteiger charge is 2.45. The van der Waals surface area contributed by atoms with Crippen LogP contribution in [0.3, 0.4) is 0 Å². The zero-order valence-electron chi connectivity index (χ0n) is 10.2. The van der Waals surface area contributed by atoms with Crippen molar-refractivity contribution in [1.82, 2.24) is 4.90 Å². The molecule has 1 heterocycles. The van der Waals surface area contributed by atoms with Crippen LogP contribution < -0.4 is 0 Å². The van der Waals surface area contributed by atoms with Gasteiger partial charge >= 0.3 is 0 Å². The Labute approximate surface area is 82.8 Å². The van der Waals surface area contributed by atoms with Gasteiger partial charge in [0.15, 0.2) is 0 Å². The molecular weight excluding hydrogens is 158 g/mol. The highest BCUT2D eigenvalue weighted by Crippen LogP contribution is 2.44. The average molecular weight is 181 g/mol. The molecule has 0 saturated carbocycles. The molecule has 13 heavy (non-hydrogen) atoms. The van der Waals surface area contributed by atoms with Crippen LogP contribution >= 0.6 is 0 Å². The Morgan fingerprint density at radius 1 is 1.08 bits per heavy atom. The minimum absolute atomic E-state index is 0.231. The molecule has 1 rings (SSSR count). The molecule has 0 unspecified atom stereocenters. The second kappa shape index (κ2) is 2.84. The molecule has 0 aliphatic carbocycles. The zero-order valence-corrected chi connectivity index (χ0v) is 10.2. The van der Waals surface area contributed by atoms with Gasteiger partial charge in [-0.2, -0.15) is 0 Å². The van der Waals surface area contributed by atoms with Crippen molar-refractivity contribution in [2.45, 2.75) is 59.0 Å². The van der Waals surface area contributed by atoms with E-state index in [1.165, 1.54) is 6.42 Å². The van der Waals surface area contributed by atoms with Gasteiger partial charge in [0.25, 0.3) is 0 Å². The lowest BCUT2D eigenvalue weighted by atomic mass is 9.90. The predicted octanol–water partition coefficient (Wildman–Crippen LogP) is 3.22. The molecule has 0 fully saturated rings. The summed E-state index contributed by atoms with van der Waals surface area (Å²) in [6, 6.07) is 0. The molecule has 0 amide bonds. The first-order valence-corrected chi connectivity index (χ1v) is 5.21. The molecule has 0 spiro atoms. The highest BCUT2D eigenvalue weighted by atomic mass is 15.2. The lowest BCUT2D eigenvalue weighted by Crippen LogP contribution is -2.47. The maximum absolute atomic E-state index is 2.48. The van der Waals surface area contributed by atoms with Crippen LogP contribution in [0, 0.1) is 0 Å². The first-order valence-electron chi connectivity index (χ1n) is 5.21. The summed E-state index contributed by atoms with van der Waals surface area (Å²) in [5.41, 5.74) is 3.64. The number of likely N-dealkylation sites (N-methyl/N-ethyl adjacent to an activating group) is 1. The summed E-state index contributed by atoms with van der Waals surface area (Å²) < 4.78 is 0. The van der Waals surface area contributed by atoms with Gasteiger partial charge in [-0.15, -0.1) is 0 Å². The summed E-state index contributed by atoms with van der Waals surface area (Å²) in [5, 5.41) is 0. The van der Waals surface area contributed by atoms with Crippen LogP contribution in [0.15, 0.2) is 11.1 Å². The molecule has 1 aliphatic rings. The van der Waals surface area contributed by atoms with E-state index in [-0.39, 0.29) is 11.1 Å². The third-order valence-electron chi connectivity index (χ3n) is 4.14. The van der Waals surface area contributed by atoms with Crippen LogP contribution in [0.5, 0.6) is 0 Å². The molecule has 0 saturated heterocycles. The van der Waals surface area contributed by atoms with Crippen molar-refractivity contribution < 1.29 is 0 Å². The number of hydrogen-bond donors (Lipinski definition) is 0. The van der Waals surface area contributed by atoms with E-state index in [9.17, 15) is 0 Å². The molecular formula is C12H23N. The van der Waals surface area contributed by atoms with Crippen molar-refractivity contribution in [3.63, 3.8) is 0 Å². The maximum Gasteiger partial charge on any atom is 0.0372 e. The first-order chi connectivity index (χ1) is 5.76. The minimum atomic E-state index is 0.231. The van der Waals surface area contributed by atoms with E-state index >= 15 is 0 Å². The van der Waals surface area contributed by atoms with Gasteiger partial charge in [0.1, 0.15) is 0 Å². The molecule has 76 valence electrons. The third kappa shape index (κ3) is 1.25. The SMILES string of the molecule is CCC1=C(C)C(C)(C)N(C)C1(C)C. The fraction of sp³-hybridized carbons (Fsp3) is 0.833. The summed E-state index contributed by atoms with van der Waals surface area (Å²) in [4.78, 5) is 2.48. The third-order valence-corrected chi connectivity index (χ3v) is 4.14. The Balaban J connectivity index is 3.23. The summed E-state index contributed by atoms with van der Waals surface area (Å²) in [6.07, 6.45) is 1.17. The molecule has 0 atom stereocenters. The van der Waals surface area contributed by atoms with Crippen LogP contribution in [0.1, 0.15) is 48.0 Å². The average Bonchev–Trinajstić information content (AvgIpc) is 2.12. The predicted molar refractivity (Wildman–Crippen MR) is 58.9 cm³/mol. The normalized spacial score (nSPS) is 27.0. The van der Waals surface area contributed by atoms with Crippen molar-refractivity contribution in [3.05, 3.63) is 11.1 Å². The minimum Gasteiger partial charge on any atom is -0.289 e. The lowest BCUT2D eigenvalue weighted by Gasteiger charge is -2.39. The van der Waals surface area contributed by atoms with E-state index in [0.717, 1.165) is 0 Å². The van der Waals surface area contributed by atoms with E-state index < -0.39 is 0 Å². The van der Waals surface area contributed by atoms with Crippen molar-refractivity contribution in [3.8, 4) is 0 Å². The smallest absolute Gasteiger partial charge is 0.0372 e. The second-order valence-electron chi connectivity index (χ2n) is 5.13. The molecule has 0 aromatic heterocycles. The van der Waals surface area contributed by atoms with Crippen molar-refractivity contribution in [2.75, 3.05) is 7.05 Å². The van der Waals surface area contributed by atoms with Crippen LogP contribution in [0.4, 0.5) is 0 Å². The van der Waals surface area contributed by atoms with Gasteiger partial charge in [0, 0.05) is 11.1 Å². The zero-order chi connectivity index (χ0) is 10.4. The van der Waals surface area contributed by atoms with E-state index in [2.05, 4.69) is 53.5 Å². The maximum atomic E-state index is 2.48. The summed E-state index contributed by atoms with van der Waals surface area (Å²) in [5.74, 6) is 0. The molecule has 0 radical (unpaired) electrons. The van der Waals surface area contributed by atoms with E-state index in [1.807, 2.05) is 0 Å². The molecule has 1 heteroatoms. The monoisotopic (exact) mass is 181 g/mol. The molecule has 1 nitrogen and oxygen atoms in total. The van der Waals surface area contributed by atoms with Crippen molar-refractivity contribution >= 4 is 0 Å². The van der Waals surface area contributed by atoms with Crippen LogP contribution in [-0.4, -0.2) is 23.0 Å². The summed E-state index contributed by atoms with van der Waals surface area (Å²) in [6.45, 7) is 13.8. The Morgan fingerprint density at radius 3 is 1.69 bits per heavy atom. The van der Waals surface area contributed by atoms with E-state index in [4.69, 9.17) is 0 Å². The topological polar surface area (TPSA) is 3.24 Å². The Hall–Kier alpha value is -0.300. The molecule has 0 aromatic rings. The van der Waals surface area contributed by atoms with Crippen molar-refractivity contribution in [1.29, 1.82) is 0 Å². The fourth-order valence-corrected chi connectivity index (χ4v) is 2.68. The lowest BCUT2D eigenvalue weighted by molar-refractivity contribution is 0.123. The van der Waals surface area contributed by atoms with E-state index in [0.29, 0.717) is 0 Å². The van der Waals surface area contributed by atoms with Crippen LogP contribution in [-0.2, 0) is 0 Å². The van der Waals surface area contributed by atoms with Gasteiger partial charge in [-0.3, -0.25) is 4.90 Å². The second-order valence-corrected chi connectivity index (χ2v) is 5.13. The Morgan fingerprint density at radius 2 is 1.54 bits per heavy atom. The van der Waals surface area contributed by atoms with E-state index in [1.54, 1.807) is 11.1 Å². The fourth-order valence-electron chi connectivity index (χ4n) is 2.68. The largest absolute Gasteiger partial charge is 0.289 e. The number of nitrogens with zero attached hydrogens (tertiary/aromatic N) is 1. The van der Waals surface area contributed by atoms with Gasteiger partial charge in [0.2, 0.25) is 0 Å². The standard InChI is InChI=1S/C12H23N/c1-8-10-9(2)11(3,4)13(7)12(10,5)6/h8H2,1-7H3. The Bertz CT molecular complexity index is 246. The van der Waals surface area contributed by atoms with Crippen LogP contribution in [0.2, 0.25) is 0 Å². The van der Waals surface area contributed by atoms with Gasteiger partial charge in [-0.05, 0) is 48.1 Å². The van der Waals surface area contributed by atoms with Crippen LogP contribution in [0.25, 0.3) is 0 Å². The quantitative estimate of drug-likeness (QED) is 0.561. The number of hydrogen-bond acceptors (Lipinski definition) is 1. The molecule has 0 bridgehead atoms. The summed E-state index contributed by atoms with van der Waals surface area (Å²) in [7, 11) is 2.23. The molecule has 1 aliphatic heterocycles. The van der Waals surface area contributed by atoms with Gasteiger partial charge < -0.3 is 0 Å². The first kappa shape index (κ1) is 10.8. The highest BCUT2D eigenvalue weighted by molar-refractivity contribution is 5.37. The van der Waals surface area contributed by atoms with Gasteiger partial charge in [-0.25, -0.2) is 0 Å². The van der Waals surface area contributed by atoms with Gasteiger partial charge in [0.05, 0.1) is 0 Å². The molecule has 0 N–H and O–H groups in total. The van der Waals surface area contributed by atoms with Crippen molar-refractivity contribution in [2.24, 2.45) is 0 Å².